The van der Waals surface area contributed by atoms with Gasteiger partial charge in [0, 0.05) is 36.9 Å². The minimum absolute atomic E-state index is 0.114. The maximum absolute atomic E-state index is 5.88. The van der Waals surface area contributed by atoms with Crippen LogP contribution >= 0.6 is 0 Å². The zero-order valence-corrected chi connectivity index (χ0v) is 12.0. The van der Waals surface area contributed by atoms with E-state index in [9.17, 15) is 0 Å². The number of rotatable bonds is 2. The second-order valence-electron chi connectivity index (χ2n) is 6.04. The van der Waals surface area contributed by atoms with Crippen LogP contribution in [0.4, 0.5) is 5.69 Å². The highest BCUT2D eigenvalue weighted by Gasteiger charge is 2.30. The van der Waals surface area contributed by atoms with Crippen LogP contribution in [-0.4, -0.2) is 37.1 Å². The molecule has 0 radical (unpaired) electrons. The number of likely N-dealkylation sites (N-methyl/N-ethyl adjacent to an activating group) is 1. The maximum atomic E-state index is 5.88. The van der Waals surface area contributed by atoms with E-state index in [0.29, 0.717) is 0 Å². The van der Waals surface area contributed by atoms with Crippen molar-refractivity contribution in [3.63, 3.8) is 0 Å². The number of hydrogen-bond donors (Lipinski definition) is 1. The Hall–Kier alpha value is -1.06. The van der Waals surface area contributed by atoms with Gasteiger partial charge >= 0.3 is 0 Å². The first-order chi connectivity index (χ1) is 8.40. The SMILES string of the molecule is CC(N)c1ccc(N2CCN(C)C(C)(C)C2)cc1. The molecular formula is C15H25N3. The molecule has 1 saturated heterocycles. The molecule has 0 bridgehead atoms. The van der Waals surface area contributed by atoms with Gasteiger partial charge in [0.2, 0.25) is 0 Å². The van der Waals surface area contributed by atoms with E-state index >= 15 is 0 Å². The van der Waals surface area contributed by atoms with Gasteiger partial charge in [-0.1, -0.05) is 12.1 Å². The van der Waals surface area contributed by atoms with E-state index in [1.54, 1.807) is 0 Å². The van der Waals surface area contributed by atoms with Gasteiger partial charge in [-0.3, -0.25) is 4.90 Å². The molecule has 0 spiro atoms. The number of anilines is 1. The van der Waals surface area contributed by atoms with Crippen LogP contribution in [0.1, 0.15) is 32.4 Å². The first-order valence-corrected chi connectivity index (χ1v) is 6.72. The van der Waals surface area contributed by atoms with Crippen molar-refractivity contribution in [1.82, 2.24) is 4.90 Å². The molecule has 1 atom stereocenters. The summed E-state index contributed by atoms with van der Waals surface area (Å²) in [7, 11) is 2.20. The first-order valence-electron chi connectivity index (χ1n) is 6.72. The van der Waals surface area contributed by atoms with Crippen molar-refractivity contribution in [3.8, 4) is 0 Å². The Kier molecular flexibility index (Phi) is 3.64. The van der Waals surface area contributed by atoms with Gasteiger partial charge in [0.25, 0.3) is 0 Å². The molecule has 3 heteroatoms. The highest BCUT2D eigenvalue weighted by atomic mass is 15.3. The molecule has 2 rings (SSSR count). The van der Waals surface area contributed by atoms with Crippen LogP contribution < -0.4 is 10.6 Å². The predicted octanol–water partition coefficient (Wildman–Crippen LogP) is 2.24. The summed E-state index contributed by atoms with van der Waals surface area (Å²) in [5.74, 6) is 0. The van der Waals surface area contributed by atoms with E-state index < -0.39 is 0 Å². The third kappa shape index (κ3) is 2.68. The lowest BCUT2D eigenvalue weighted by Gasteiger charge is -2.46. The van der Waals surface area contributed by atoms with Crippen molar-refractivity contribution in [3.05, 3.63) is 29.8 Å². The lowest BCUT2D eigenvalue weighted by atomic mass is 9.99. The normalized spacial score (nSPS) is 21.9. The quantitative estimate of drug-likeness (QED) is 0.870. The molecule has 0 amide bonds. The summed E-state index contributed by atoms with van der Waals surface area (Å²) in [6.45, 7) is 9.90. The van der Waals surface area contributed by atoms with E-state index in [1.165, 1.54) is 11.3 Å². The van der Waals surface area contributed by atoms with Crippen molar-refractivity contribution in [2.75, 3.05) is 31.6 Å². The molecule has 100 valence electrons. The first kappa shape index (κ1) is 13.4. The monoisotopic (exact) mass is 247 g/mol. The summed E-state index contributed by atoms with van der Waals surface area (Å²) in [5.41, 5.74) is 8.62. The summed E-state index contributed by atoms with van der Waals surface area (Å²) in [6, 6.07) is 8.79. The van der Waals surface area contributed by atoms with Crippen LogP contribution in [-0.2, 0) is 0 Å². The minimum atomic E-state index is 0.114. The Labute approximate surface area is 111 Å². The standard InChI is InChI=1S/C15H25N3/c1-12(16)13-5-7-14(8-6-13)18-10-9-17(4)15(2,3)11-18/h5-8,12H,9-11,16H2,1-4H3. The number of benzene rings is 1. The molecule has 1 heterocycles. The molecule has 3 nitrogen and oxygen atoms in total. The molecule has 1 aliphatic rings. The zero-order valence-electron chi connectivity index (χ0n) is 12.0. The number of piperazine rings is 1. The largest absolute Gasteiger partial charge is 0.368 e. The fourth-order valence-electron chi connectivity index (χ4n) is 2.45. The number of hydrogen-bond acceptors (Lipinski definition) is 3. The van der Waals surface area contributed by atoms with Crippen molar-refractivity contribution >= 4 is 5.69 Å². The van der Waals surface area contributed by atoms with E-state index in [-0.39, 0.29) is 11.6 Å². The topological polar surface area (TPSA) is 32.5 Å². The minimum Gasteiger partial charge on any atom is -0.368 e. The van der Waals surface area contributed by atoms with E-state index in [1.807, 2.05) is 6.92 Å². The third-order valence-electron chi connectivity index (χ3n) is 4.10. The number of nitrogens with two attached hydrogens (primary N) is 1. The van der Waals surface area contributed by atoms with Gasteiger partial charge in [0.15, 0.2) is 0 Å². The zero-order chi connectivity index (χ0) is 13.3. The fraction of sp³-hybridized carbons (Fsp3) is 0.600. The van der Waals surface area contributed by atoms with Crippen LogP contribution in [0.2, 0.25) is 0 Å². The molecule has 2 N–H and O–H groups in total. The van der Waals surface area contributed by atoms with Gasteiger partial charge in [-0.05, 0) is 45.5 Å². The van der Waals surface area contributed by atoms with Gasteiger partial charge in [-0.2, -0.15) is 0 Å². The second-order valence-corrected chi connectivity index (χ2v) is 6.04. The Balaban J connectivity index is 2.13. The molecule has 1 fully saturated rings. The van der Waals surface area contributed by atoms with Crippen LogP contribution in [0.25, 0.3) is 0 Å². The van der Waals surface area contributed by atoms with E-state index in [2.05, 4.69) is 55.0 Å². The van der Waals surface area contributed by atoms with Crippen molar-refractivity contribution in [2.24, 2.45) is 5.73 Å². The lowest BCUT2D eigenvalue weighted by molar-refractivity contribution is 0.139. The van der Waals surface area contributed by atoms with Gasteiger partial charge in [0.05, 0.1) is 0 Å². The van der Waals surface area contributed by atoms with Crippen LogP contribution in [0.15, 0.2) is 24.3 Å². The average Bonchev–Trinajstić information content (AvgIpc) is 2.33. The Morgan fingerprint density at radius 3 is 2.28 bits per heavy atom. The summed E-state index contributed by atoms with van der Waals surface area (Å²) < 4.78 is 0. The van der Waals surface area contributed by atoms with Gasteiger partial charge < -0.3 is 10.6 Å². The average molecular weight is 247 g/mol. The van der Waals surface area contributed by atoms with Crippen molar-refractivity contribution in [2.45, 2.75) is 32.4 Å². The molecular weight excluding hydrogens is 222 g/mol. The molecule has 1 aliphatic heterocycles. The van der Waals surface area contributed by atoms with E-state index in [4.69, 9.17) is 5.73 Å². The molecule has 1 unspecified atom stereocenters. The molecule has 1 aromatic rings. The lowest BCUT2D eigenvalue weighted by Crippen LogP contribution is -2.57. The van der Waals surface area contributed by atoms with Gasteiger partial charge in [0.1, 0.15) is 0 Å². The second kappa shape index (κ2) is 4.90. The molecule has 0 aromatic heterocycles. The van der Waals surface area contributed by atoms with Crippen molar-refractivity contribution < 1.29 is 0 Å². The van der Waals surface area contributed by atoms with E-state index in [0.717, 1.165) is 19.6 Å². The molecule has 18 heavy (non-hydrogen) atoms. The molecule has 0 aliphatic carbocycles. The highest BCUT2D eigenvalue weighted by Crippen LogP contribution is 2.25. The smallest absolute Gasteiger partial charge is 0.0367 e. The Morgan fingerprint density at radius 2 is 1.78 bits per heavy atom. The number of nitrogens with zero attached hydrogens (tertiary/aromatic N) is 2. The maximum Gasteiger partial charge on any atom is 0.0367 e. The van der Waals surface area contributed by atoms with Gasteiger partial charge in [-0.25, -0.2) is 0 Å². The summed E-state index contributed by atoms with van der Waals surface area (Å²) in [5, 5.41) is 0. The molecule has 1 aromatic carbocycles. The highest BCUT2D eigenvalue weighted by molar-refractivity contribution is 5.49. The van der Waals surface area contributed by atoms with Gasteiger partial charge in [-0.15, -0.1) is 0 Å². The summed E-state index contributed by atoms with van der Waals surface area (Å²) in [6.07, 6.45) is 0. The third-order valence-corrected chi connectivity index (χ3v) is 4.10. The predicted molar refractivity (Wildman–Crippen MR) is 78.0 cm³/mol. The fourth-order valence-corrected chi connectivity index (χ4v) is 2.45. The summed E-state index contributed by atoms with van der Waals surface area (Å²) >= 11 is 0. The summed E-state index contributed by atoms with van der Waals surface area (Å²) in [4.78, 5) is 4.89. The van der Waals surface area contributed by atoms with Crippen LogP contribution in [0.5, 0.6) is 0 Å². The van der Waals surface area contributed by atoms with Crippen LogP contribution in [0, 0.1) is 0 Å². The Bertz CT molecular complexity index is 395. The van der Waals surface area contributed by atoms with Crippen LogP contribution in [0.3, 0.4) is 0 Å². The molecule has 0 saturated carbocycles. The Morgan fingerprint density at radius 1 is 1.17 bits per heavy atom. The van der Waals surface area contributed by atoms with Crippen molar-refractivity contribution in [1.29, 1.82) is 0 Å².